The zero-order valence-corrected chi connectivity index (χ0v) is 27.9. The summed E-state index contributed by atoms with van der Waals surface area (Å²) in [5.41, 5.74) is 9.52. The third kappa shape index (κ3) is 4.81. The van der Waals surface area contributed by atoms with Crippen molar-refractivity contribution >= 4 is 0 Å². The van der Waals surface area contributed by atoms with Gasteiger partial charge in [0.25, 0.3) is 0 Å². The number of aryl methyl sites for hydroxylation is 2. The second-order valence-electron chi connectivity index (χ2n) is 12.9. The normalized spacial score (nSPS) is 16.0. The summed E-state index contributed by atoms with van der Waals surface area (Å²) in [5, 5.41) is 0. The smallest absolute Gasteiger partial charge is 0.182 e. The Morgan fingerprint density at radius 1 is 0.571 bits per heavy atom. The molecule has 1 radical (unpaired) electrons. The van der Waals surface area contributed by atoms with Gasteiger partial charge in [0.1, 0.15) is 5.69 Å². The first-order valence-electron chi connectivity index (χ1n) is 14.2. The van der Waals surface area contributed by atoms with E-state index in [1.165, 1.54) is 16.7 Å². The molecule has 1 aliphatic carbocycles. The number of nitrogens with zero attached hydrogens (tertiary/aromatic N) is 5. The molecule has 0 atom stereocenters. The average molecular weight is 731 g/mol. The number of pyridine rings is 2. The van der Waals surface area contributed by atoms with Crippen LogP contribution in [0.25, 0.3) is 45.6 Å². The zero-order valence-electron chi connectivity index (χ0n) is 25.5. The Hall–Kier alpha value is -3.60. The first-order valence-corrected chi connectivity index (χ1v) is 14.2. The second-order valence-corrected chi connectivity index (χ2v) is 12.9. The molecule has 42 heavy (non-hydrogen) atoms. The molecule has 6 rings (SSSR count). The zero-order chi connectivity index (χ0) is 29.2. The van der Waals surface area contributed by atoms with Crippen LogP contribution in [0.2, 0.25) is 0 Å². The topological polar surface area (TPSA) is 64.5 Å². The molecule has 3 aromatic heterocycles. The molecule has 0 spiro atoms. The first kappa shape index (κ1) is 29.9. The minimum Gasteiger partial charge on any atom is -0.304 e. The van der Waals surface area contributed by atoms with E-state index in [4.69, 9.17) is 19.9 Å². The standard InChI is InChI=1S/C36H36N5.Ir/c1-22-9-12-24(13-10-22)31-39-32(41-33(40-31)30-17-11-23(2)20-37-30)26-15-18-29(38-21-26)25-14-16-27-28(19-25)35(5,6)36(7,8)34(27,3)4;/h9-13,15-21H,1-8H3;/q-1;. The summed E-state index contributed by atoms with van der Waals surface area (Å²) >= 11 is 0. The summed E-state index contributed by atoms with van der Waals surface area (Å²) in [6.45, 7) is 18.2. The van der Waals surface area contributed by atoms with Crippen LogP contribution in [-0.2, 0) is 30.9 Å². The predicted molar refractivity (Wildman–Crippen MR) is 165 cm³/mol. The number of hydrogen-bond donors (Lipinski definition) is 0. The molecule has 0 saturated carbocycles. The van der Waals surface area contributed by atoms with Crippen molar-refractivity contribution in [2.45, 2.75) is 66.2 Å². The molecule has 0 amide bonds. The van der Waals surface area contributed by atoms with E-state index in [1.807, 2.05) is 55.7 Å². The van der Waals surface area contributed by atoms with Gasteiger partial charge in [-0.15, -0.1) is 34.9 Å². The van der Waals surface area contributed by atoms with E-state index >= 15 is 0 Å². The molecular weight excluding hydrogens is 695 g/mol. The Morgan fingerprint density at radius 3 is 1.74 bits per heavy atom. The molecule has 0 bridgehead atoms. The SMILES string of the molecule is Cc1ccc(-c2nc(-c3ccc(-c4[c-]cc5c(c4)C(C)(C)C(C)(C)C5(C)C)nc3)nc(-c3ccc(C)cn3)n2)cc1.[Ir]. The number of hydrogen-bond acceptors (Lipinski definition) is 5. The van der Waals surface area contributed by atoms with E-state index in [1.54, 1.807) is 0 Å². The van der Waals surface area contributed by atoms with Crippen LogP contribution in [0.3, 0.4) is 0 Å². The summed E-state index contributed by atoms with van der Waals surface area (Å²) in [6.07, 6.45) is 3.67. The minimum atomic E-state index is 0. The summed E-state index contributed by atoms with van der Waals surface area (Å²) in [4.78, 5) is 23.9. The number of rotatable bonds is 4. The molecule has 0 saturated heterocycles. The van der Waals surface area contributed by atoms with E-state index in [2.05, 4.69) is 83.8 Å². The molecule has 3 heterocycles. The van der Waals surface area contributed by atoms with Gasteiger partial charge in [0, 0.05) is 43.6 Å². The van der Waals surface area contributed by atoms with E-state index in [0.29, 0.717) is 23.2 Å². The molecule has 0 unspecified atom stereocenters. The van der Waals surface area contributed by atoms with Crippen LogP contribution in [0.4, 0.5) is 0 Å². The van der Waals surface area contributed by atoms with Gasteiger partial charge < -0.3 is 4.98 Å². The Balaban J connectivity index is 0.00000353. The van der Waals surface area contributed by atoms with E-state index < -0.39 is 0 Å². The number of benzene rings is 2. The van der Waals surface area contributed by atoms with Crippen LogP contribution in [0.1, 0.15) is 63.8 Å². The van der Waals surface area contributed by atoms with E-state index in [0.717, 1.165) is 27.9 Å². The van der Waals surface area contributed by atoms with Crippen molar-refractivity contribution in [2.24, 2.45) is 5.41 Å². The predicted octanol–water partition coefficient (Wildman–Crippen LogP) is 8.34. The van der Waals surface area contributed by atoms with Crippen molar-refractivity contribution in [3.05, 3.63) is 101 Å². The molecule has 215 valence electrons. The summed E-state index contributed by atoms with van der Waals surface area (Å²) < 4.78 is 0. The third-order valence-corrected chi connectivity index (χ3v) is 9.81. The van der Waals surface area contributed by atoms with Gasteiger partial charge in [0.2, 0.25) is 0 Å². The van der Waals surface area contributed by atoms with Crippen molar-refractivity contribution < 1.29 is 20.1 Å². The molecule has 0 aliphatic heterocycles. The van der Waals surface area contributed by atoms with E-state index in [-0.39, 0.29) is 36.4 Å². The van der Waals surface area contributed by atoms with Crippen molar-refractivity contribution in [1.82, 2.24) is 24.9 Å². The Labute approximate surface area is 262 Å². The van der Waals surface area contributed by atoms with Crippen LogP contribution in [0.5, 0.6) is 0 Å². The molecule has 5 aromatic rings. The largest absolute Gasteiger partial charge is 0.304 e. The van der Waals surface area contributed by atoms with Crippen LogP contribution < -0.4 is 0 Å². The third-order valence-electron chi connectivity index (χ3n) is 9.81. The summed E-state index contributed by atoms with van der Waals surface area (Å²) in [5.74, 6) is 1.71. The van der Waals surface area contributed by atoms with Gasteiger partial charge in [-0.05, 0) is 47.4 Å². The maximum atomic E-state index is 4.85. The van der Waals surface area contributed by atoms with Crippen molar-refractivity contribution in [3.63, 3.8) is 0 Å². The van der Waals surface area contributed by atoms with Gasteiger partial charge in [-0.1, -0.05) is 89.6 Å². The summed E-state index contributed by atoms with van der Waals surface area (Å²) in [6, 6.07) is 24.2. The van der Waals surface area contributed by atoms with Gasteiger partial charge in [-0.2, -0.15) is 0 Å². The monoisotopic (exact) mass is 731 g/mol. The van der Waals surface area contributed by atoms with Gasteiger partial charge >= 0.3 is 0 Å². The van der Waals surface area contributed by atoms with Gasteiger partial charge in [0.15, 0.2) is 17.5 Å². The number of fused-ring (bicyclic) bond motifs is 1. The van der Waals surface area contributed by atoms with Crippen molar-refractivity contribution in [3.8, 4) is 45.6 Å². The Kier molecular flexibility index (Phi) is 7.53. The summed E-state index contributed by atoms with van der Waals surface area (Å²) in [7, 11) is 0. The first-order chi connectivity index (χ1) is 19.4. The molecular formula is C36H36IrN5-. The van der Waals surface area contributed by atoms with Crippen LogP contribution >= 0.6 is 0 Å². The average Bonchev–Trinajstić information content (AvgIpc) is 3.07. The molecule has 5 nitrogen and oxygen atoms in total. The second kappa shape index (κ2) is 10.6. The fourth-order valence-corrected chi connectivity index (χ4v) is 5.86. The van der Waals surface area contributed by atoms with E-state index in [9.17, 15) is 0 Å². The molecule has 0 fully saturated rings. The van der Waals surface area contributed by atoms with Crippen molar-refractivity contribution in [2.75, 3.05) is 0 Å². The molecule has 2 aromatic carbocycles. The number of aromatic nitrogens is 5. The fourth-order valence-electron chi connectivity index (χ4n) is 5.86. The van der Waals surface area contributed by atoms with Gasteiger partial charge in [-0.3, -0.25) is 4.98 Å². The molecule has 6 heteroatoms. The fraction of sp³-hybridized carbons (Fsp3) is 0.306. The van der Waals surface area contributed by atoms with Gasteiger partial charge in [-0.25, -0.2) is 15.0 Å². The van der Waals surface area contributed by atoms with Gasteiger partial charge in [0.05, 0.1) is 0 Å². The maximum absolute atomic E-state index is 4.85. The molecule has 1 aliphatic rings. The van der Waals surface area contributed by atoms with Crippen LogP contribution in [0, 0.1) is 25.3 Å². The minimum absolute atomic E-state index is 0. The molecule has 0 N–H and O–H groups in total. The Morgan fingerprint density at radius 2 is 1.12 bits per heavy atom. The maximum Gasteiger partial charge on any atom is 0.182 e. The van der Waals surface area contributed by atoms with Crippen LogP contribution in [0.15, 0.2) is 73.1 Å². The quantitative estimate of drug-likeness (QED) is 0.174. The van der Waals surface area contributed by atoms with Crippen LogP contribution in [-0.4, -0.2) is 24.9 Å². The van der Waals surface area contributed by atoms with Crippen molar-refractivity contribution in [1.29, 1.82) is 0 Å². The Bertz CT molecular complexity index is 1690.